The molecule has 4 atom stereocenters. The van der Waals surface area contributed by atoms with Crippen LogP contribution in [-0.4, -0.2) is 23.3 Å². The number of carbonyl (C=O) groups excluding carboxylic acids is 1. The molecule has 3 aromatic carbocycles. The monoisotopic (exact) mass is 437 g/mol. The van der Waals surface area contributed by atoms with E-state index in [9.17, 15) is 4.79 Å². The normalized spacial score (nSPS) is 26.7. The first kappa shape index (κ1) is 22.1. The zero-order valence-electron chi connectivity index (χ0n) is 19.6. The van der Waals surface area contributed by atoms with E-state index < -0.39 is 0 Å². The number of Topliss-reactive ketones (excluding diaryl/α,β-unsaturated/α-hetero) is 1. The predicted molar refractivity (Wildman–Crippen MR) is 135 cm³/mol. The number of piperidine rings is 1. The van der Waals surface area contributed by atoms with Crippen LogP contribution in [0, 0.1) is 11.8 Å². The molecule has 4 unspecified atom stereocenters. The summed E-state index contributed by atoms with van der Waals surface area (Å²) in [6.07, 6.45) is 6.44. The quantitative estimate of drug-likeness (QED) is 0.390. The van der Waals surface area contributed by atoms with E-state index in [0.717, 1.165) is 12.1 Å². The fraction of sp³-hybridized carbons (Fsp3) is 0.387. The third kappa shape index (κ3) is 4.54. The van der Waals surface area contributed by atoms with Gasteiger partial charge in [-0.15, -0.1) is 0 Å². The Balaban J connectivity index is 1.59. The molecule has 2 heteroatoms. The van der Waals surface area contributed by atoms with Crippen LogP contribution in [0.1, 0.15) is 72.5 Å². The van der Waals surface area contributed by atoms with Crippen molar-refractivity contribution in [2.75, 3.05) is 6.54 Å². The first-order valence-corrected chi connectivity index (χ1v) is 12.7. The van der Waals surface area contributed by atoms with Crippen molar-refractivity contribution in [3.8, 4) is 0 Å². The molecule has 5 rings (SSSR count). The minimum Gasteiger partial charge on any atom is -0.294 e. The van der Waals surface area contributed by atoms with Crippen molar-refractivity contribution in [2.24, 2.45) is 11.8 Å². The van der Waals surface area contributed by atoms with E-state index in [1.54, 1.807) is 0 Å². The highest BCUT2D eigenvalue weighted by Crippen LogP contribution is 2.49. The van der Waals surface area contributed by atoms with Gasteiger partial charge in [0, 0.05) is 30.1 Å². The fourth-order valence-corrected chi connectivity index (χ4v) is 6.53. The van der Waals surface area contributed by atoms with Gasteiger partial charge in [-0.1, -0.05) is 117 Å². The Bertz CT molecular complexity index is 1030. The van der Waals surface area contributed by atoms with Crippen LogP contribution in [0.3, 0.4) is 0 Å². The largest absolute Gasteiger partial charge is 0.294 e. The Labute approximate surface area is 198 Å². The van der Waals surface area contributed by atoms with Gasteiger partial charge in [-0.3, -0.25) is 9.69 Å². The molecule has 33 heavy (non-hydrogen) atoms. The molecule has 0 aromatic heterocycles. The zero-order chi connectivity index (χ0) is 22.6. The van der Waals surface area contributed by atoms with Crippen molar-refractivity contribution >= 4 is 5.78 Å². The molecule has 0 radical (unpaired) electrons. The summed E-state index contributed by atoms with van der Waals surface area (Å²) in [5.41, 5.74) is 3.53. The van der Waals surface area contributed by atoms with Gasteiger partial charge in [0.15, 0.2) is 5.78 Å². The van der Waals surface area contributed by atoms with Gasteiger partial charge in [-0.25, -0.2) is 0 Å². The van der Waals surface area contributed by atoms with Gasteiger partial charge < -0.3 is 0 Å². The van der Waals surface area contributed by atoms with Crippen LogP contribution in [0.4, 0.5) is 0 Å². The van der Waals surface area contributed by atoms with Gasteiger partial charge >= 0.3 is 0 Å². The second kappa shape index (κ2) is 10.1. The Hall–Kier alpha value is -2.71. The van der Waals surface area contributed by atoms with Crippen molar-refractivity contribution in [3.05, 3.63) is 108 Å². The second-order valence-corrected chi connectivity index (χ2v) is 9.98. The van der Waals surface area contributed by atoms with Crippen LogP contribution in [0.15, 0.2) is 91.0 Å². The smallest absolute Gasteiger partial charge is 0.167 e. The lowest BCUT2D eigenvalue weighted by Crippen LogP contribution is -2.53. The lowest BCUT2D eigenvalue weighted by molar-refractivity contribution is 0.000184. The molecule has 2 fully saturated rings. The highest BCUT2D eigenvalue weighted by Gasteiger charge is 2.47. The molecule has 3 aromatic rings. The maximum atomic E-state index is 14.0. The number of nitrogens with zero attached hydrogens (tertiary/aromatic N) is 1. The molecule has 0 N–H and O–H groups in total. The summed E-state index contributed by atoms with van der Waals surface area (Å²) < 4.78 is 0. The summed E-state index contributed by atoms with van der Waals surface area (Å²) in [6, 6.07) is 32.6. The van der Waals surface area contributed by atoms with E-state index >= 15 is 0 Å². The molecule has 1 aliphatic heterocycles. The third-order valence-corrected chi connectivity index (χ3v) is 8.03. The lowest BCUT2D eigenvalue weighted by Gasteiger charge is -2.52. The van der Waals surface area contributed by atoms with Crippen LogP contribution >= 0.6 is 0 Å². The average Bonchev–Trinajstić information content (AvgIpc) is 2.89. The maximum absolute atomic E-state index is 14.0. The van der Waals surface area contributed by atoms with Gasteiger partial charge in [-0.05, 0) is 35.8 Å². The molecule has 1 heterocycles. The number of benzene rings is 3. The van der Waals surface area contributed by atoms with Gasteiger partial charge in [0.1, 0.15) is 0 Å². The molecule has 1 saturated carbocycles. The van der Waals surface area contributed by atoms with E-state index in [2.05, 4.69) is 72.5 Å². The molecule has 0 amide bonds. The molecule has 0 spiro atoms. The summed E-state index contributed by atoms with van der Waals surface area (Å²) in [5.74, 6) is 0.794. The maximum Gasteiger partial charge on any atom is 0.167 e. The summed E-state index contributed by atoms with van der Waals surface area (Å²) in [6.45, 7) is 3.22. The Morgan fingerprint density at radius 2 is 1.27 bits per heavy atom. The van der Waals surface area contributed by atoms with E-state index in [1.807, 2.05) is 30.3 Å². The number of hydrogen-bond donors (Lipinski definition) is 0. The Morgan fingerprint density at radius 1 is 0.727 bits per heavy atom. The molecule has 2 nitrogen and oxygen atoms in total. The van der Waals surface area contributed by atoms with Crippen molar-refractivity contribution in [2.45, 2.75) is 57.0 Å². The molecular formula is C31H35NO. The molecule has 0 bridgehead atoms. The van der Waals surface area contributed by atoms with Crippen LogP contribution in [0.5, 0.6) is 0 Å². The van der Waals surface area contributed by atoms with Crippen molar-refractivity contribution < 1.29 is 4.79 Å². The van der Waals surface area contributed by atoms with Crippen LogP contribution < -0.4 is 0 Å². The average molecular weight is 438 g/mol. The fourth-order valence-electron chi connectivity index (χ4n) is 6.53. The summed E-state index contributed by atoms with van der Waals surface area (Å²) in [7, 11) is 0. The van der Waals surface area contributed by atoms with E-state index in [0.29, 0.717) is 23.8 Å². The first-order chi connectivity index (χ1) is 16.2. The molecule has 1 aliphatic carbocycles. The summed E-state index contributed by atoms with van der Waals surface area (Å²) in [5, 5.41) is 0. The number of carbonyl (C=O) groups is 1. The van der Waals surface area contributed by atoms with Crippen LogP contribution in [-0.2, 0) is 0 Å². The lowest BCUT2D eigenvalue weighted by atomic mass is 9.66. The molecule has 2 aliphatic rings. The van der Waals surface area contributed by atoms with Crippen LogP contribution in [0.25, 0.3) is 0 Å². The Morgan fingerprint density at radius 3 is 1.88 bits per heavy atom. The zero-order valence-corrected chi connectivity index (χ0v) is 19.6. The Kier molecular flexibility index (Phi) is 6.73. The highest BCUT2D eigenvalue weighted by molar-refractivity contribution is 5.98. The minimum atomic E-state index is -0.0355. The standard InChI is InChI=1S/C31H35NO/c1-23-29(24-14-6-2-7-15-24)28(31(33)26-18-10-4-11-19-26)22-32(27-20-12-5-13-21-27)30(23)25-16-8-3-9-17-25/h2-4,6-11,14-19,23,27-30H,5,12-13,20-22H2,1H3. The molecular weight excluding hydrogens is 402 g/mol. The van der Waals surface area contributed by atoms with Gasteiger partial charge in [-0.2, -0.15) is 0 Å². The van der Waals surface area contributed by atoms with Crippen LogP contribution in [0.2, 0.25) is 0 Å². The topological polar surface area (TPSA) is 20.3 Å². The van der Waals surface area contributed by atoms with E-state index in [-0.39, 0.29) is 11.8 Å². The molecule has 1 saturated heterocycles. The van der Waals surface area contributed by atoms with Gasteiger partial charge in [0.2, 0.25) is 0 Å². The summed E-state index contributed by atoms with van der Waals surface area (Å²) >= 11 is 0. The number of ketones is 1. The van der Waals surface area contributed by atoms with Gasteiger partial charge in [0.25, 0.3) is 0 Å². The SMILES string of the molecule is CC1C(c2ccccc2)C(C(=O)c2ccccc2)CN(C2CCCCC2)C1c1ccccc1. The minimum absolute atomic E-state index is 0.0355. The predicted octanol–water partition coefficient (Wildman–Crippen LogP) is 7.30. The molecule has 170 valence electrons. The van der Waals surface area contributed by atoms with Crippen molar-refractivity contribution in [3.63, 3.8) is 0 Å². The second-order valence-electron chi connectivity index (χ2n) is 9.98. The number of hydrogen-bond acceptors (Lipinski definition) is 2. The van der Waals surface area contributed by atoms with Crippen molar-refractivity contribution in [1.82, 2.24) is 4.90 Å². The van der Waals surface area contributed by atoms with E-state index in [4.69, 9.17) is 0 Å². The first-order valence-electron chi connectivity index (χ1n) is 12.7. The van der Waals surface area contributed by atoms with E-state index in [1.165, 1.54) is 43.2 Å². The van der Waals surface area contributed by atoms with Gasteiger partial charge in [0.05, 0.1) is 0 Å². The highest BCUT2D eigenvalue weighted by atomic mass is 16.1. The van der Waals surface area contributed by atoms with Crippen molar-refractivity contribution in [1.29, 1.82) is 0 Å². The number of rotatable bonds is 5. The third-order valence-electron chi connectivity index (χ3n) is 8.03. The summed E-state index contributed by atoms with van der Waals surface area (Å²) in [4.78, 5) is 16.7. The number of likely N-dealkylation sites (tertiary alicyclic amines) is 1.